The van der Waals surface area contributed by atoms with Crippen LogP contribution in [0.15, 0.2) is 55.9 Å². The van der Waals surface area contributed by atoms with Gasteiger partial charge < -0.3 is 10.3 Å². The number of hydrogen-bond acceptors (Lipinski definition) is 3. The van der Waals surface area contributed by atoms with Crippen molar-refractivity contribution in [1.82, 2.24) is 5.16 Å². The minimum absolute atomic E-state index is 0.384. The molecular formula is C16H12Br2N2O. The number of anilines is 1. The van der Waals surface area contributed by atoms with Gasteiger partial charge in [0, 0.05) is 20.1 Å². The van der Waals surface area contributed by atoms with Crippen LogP contribution in [-0.2, 0) is 0 Å². The maximum atomic E-state index is 6.02. The van der Waals surface area contributed by atoms with Gasteiger partial charge in [-0.3, -0.25) is 0 Å². The second kappa shape index (κ2) is 5.66. The molecule has 0 saturated heterocycles. The van der Waals surface area contributed by atoms with E-state index >= 15 is 0 Å². The lowest BCUT2D eigenvalue weighted by Crippen LogP contribution is -1.90. The molecule has 0 fully saturated rings. The maximum Gasteiger partial charge on any atom is 0.177 e. The molecule has 0 aliphatic carbocycles. The summed E-state index contributed by atoms with van der Waals surface area (Å²) in [6.45, 7) is 2.03. The fourth-order valence-corrected chi connectivity index (χ4v) is 3.38. The molecule has 5 heteroatoms. The Morgan fingerprint density at radius 2 is 1.86 bits per heavy atom. The highest BCUT2D eigenvalue weighted by Gasteiger charge is 2.19. The van der Waals surface area contributed by atoms with Crippen molar-refractivity contribution in [2.24, 2.45) is 0 Å². The lowest BCUT2D eigenvalue weighted by atomic mass is 10.0. The van der Waals surface area contributed by atoms with Gasteiger partial charge in [-0.25, -0.2) is 0 Å². The summed E-state index contributed by atoms with van der Waals surface area (Å²) in [7, 11) is 0. The molecule has 0 atom stereocenters. The molecule has 1 heterocycles. The van der Waals surface area contributed by atoms with E-state index in [1.807, 2.05) is 49.4 Å². The highest BCUT2D eigenvalue weighted by molar-refractivity contribution is 9.10. The molecule has 0 aliphatic heterocycles. The highest BCUT2D eigenvalue weighted by Crippen LogP contribution is 2.40. The standard InChI is InChI=1S/C16H12Br2N2O/c1-9-6-10(8-11(17)7-9)15-14(16(19)20-21-15)12-4-2-3-5-13(12)18/h2-8H,1H3,(H2,19,20). The van der Waals surface area contributed by atoms with Crippen LogP contribution in [0.25, 0.3) is 22.5 Å². The first-order valence-corrected chi connectivity index (χ1v) is 7.92. The Kier molecular flexibility index (Phi) is 3.87. The van der Waals surface area contributed by atoms with E-state index in [0.29, 0.717) is 11.6 Å². The highest BCUT2D eigenvalue weighted by atomic mass is 79.9. The Morgan fingerprint density at radius 1 is 1.10 bits per heavy atom. The van der Waals surface area contributed by atoms with Crippen LogP contribution in [0.4, 0.5) is 5.82 Å². The minimum Gasteiger partial charge on any atom is -0.380 e. The smallest absolute Gasteiger partial charge is 0.177 e. The second-order valence-corrected chi connectivity index (χ2v) is 6.54. The van der Waals surface area contributed by atoms with Gasteiger partial charge in [-0.2, -0.15) is 0 Å². The Bertz CT molecular complexity index is 792. The Hall–Kier alpha value is -1.59. The number of hydrogen-bond donors (Lipinski definition) is 1. The SMILES string of the molecule is Cc1cc(Br)cc(-c2onc(N)c2-c2ccccc2Br)c1. The number of halogens is 2. The quantitative estimate of drug-likeness (QED) is 0.616. The van der Waals surface area contributed by atoms with Gasteiger partial charge in [0.15, 0.2) is 11.6 Å². The van der Waals surface area contributed by atoms with E-state index < -0.39 is 0 Å². The number of benzene rings is 2. The van der Waals surface area contributed by atoms with Crippen LogP contribution in [0, 0.1) is 6.92 Å². The molecule has 3 aromatic rings. The number of nitrogens with zero attached hydrogens (tertiary/aromatic N) is 1. The van der Waals surface area contributed by atoms with Gasteiger partial charge >= 0.3 is 0 Å². The molecule has 3 rings (SSSR count). The third kappa shape index (κ3) is 2.76. The molecule has 0 bridgehead atoms. The van der Waals surface area contributed by atoms with Gasteiger partial charge in [-0.15, -0.1) is 0 Å². The molecule has 3 nitrogen and oxygen atoms in total. The van der Waals surface area contributed by atoms with Gasteiger partial charge in [-0.1, -0.05) is 55.2 Å². The summed E-state index contributed by atoms with van der Waals surface area (Å²) in [6, 6.07) is 14.0. The Morgan fingerprint density at radius 3 is 2.57 bits per heavy atom. The van der Waals surface area contributed by atoms with Crippen molar-refractivity contribution in [3.63, 3.8) is 0 Å². The molecule has 0 spiro atoms. The van der Waals surface area contributed by atoms with Crippen LogP contribution in [0.5, 0.6) is 0 Å². The largest absolute Gasteiger partial charge is 0.380 e. The van der Waals surface area contributed by atoms with Crippen molar-refractivity contribution in [3.05, 3.63) is 57.0 Å². The molecule has 0 aliphatic rings. The predicted molar refractivity (Wildman–Crippen MR) is 91.9 cm³/mol. The third-order valence-electron chi connectivity index (χ3n) is 3.17. The van der Waals surface area contributed by atoms with Crippen LogP contribution in [0.3, 0.4) is 0 Å². The number of nitrogens with two attached hydrogens (primary N) is 1. The summed E-state index contributed by atoms with van der Waals surface area (Å²) in [5, 5.41) is 3.94. The predicted octanol–water partition coefficient (Wildman–Crippen LogP) is 5.42. The summed E-state index contributed by atoms with van der Waals surface area (Å²) >= 11 is 7.06. The third-order valence-corrected chi connectivity index (χ3v) is 4.32. The molecule has 0 radical (unpaired) electrons. The van der Waals surface area contributed by atoms with Crippen molar-refractivity contribution in [2.75, 3.05) is 5.73 Å². The first kappa shape index (κ1) is 14.4. The van der Waals surface area contributed by atoms with Crippen LogP contribution in [-0.4, -0.2) is 5.16 Å². The maximum absolute atomic E-state index is 6.02. The van der Waals surface area contributed by atoms with E-state index in [9.17, 15) is 0 Å². The first-order chi connectivity index (χ1) is 10.1. The Labute approximate surface area is 139 Å². The molecule has 0 amide bonds. The average molecular weight is 408 g/mol. The number of nitrogen functional groups attached to an aromatic ring is 1. The van der Waals surface area contributed by atoms with Gasteiger partial charge in [0.25, 0.3) is 0 Å². The second-order valence-electron chi connectivity index (χ2n) is 4.77. The number of aryl methyl sites for hydroxylation is 1. The van der Waals surface area contributed by atoms with Crippen molar-refractivity contribution in [1.29, 1.82) is 0 Å². The molecule has 0 unspecified atom stereocenters. The molecule has 106 valence electrons. The molecule has 2 aromatic carbocycles. The van der Waals surface area contributed by atoms with Crippen molar-refractivity contribution in [3.8, 4) is 22.5 Å². The van der Waals surface area contributed by atoms with E-state index in [0.717, 1.165) is 31.2 Å². The van der Waals surface area contributed by atoms with E-state index in [2.05, 4.69) is 37.0 Å². The zero-order chi connectivity index (χ0) is 15.0. The zero-order valence-electron chi connectivity index (χ0n) is 11.2. The van der Waals surface area contributed by atoms with E-state index in [4.69, 9.17) is 10.3 Å². The summed E-state index contributed by atoms with van der Waals surface area (Å²) < 4.78 is 7.43. The minimum atomic E-state index is 0.384. The lowest BCUT2D eigenvalue weighted by molar-refractivity contribution is 0.436. The summed E-state index contributed by atoms with van der Waals surface area (Å²) in [5.41, 5.74) is 9.86. The summed E-state index contributed by atoms with van der Waals surface area (Å²) in [6.07, 6.45) is 0. The van der Waals surface area contributed by atoms with E-state index in [1.165, 1.54) is 0 Å². The van der Waals surface area contributed by atoms with Crippen LogP contribution < -0.4 is 5.73 Å². The normalized spacial score (nSPS) is 10.8. The summed E-state index contributed by atoms with van der Waals surface area (Å²) in [5.74, 6) is 1.05. The topological polar surface area (TPSA) is 52.0 Å². The molecule has 1 aromatic heterocycles. The van der Waals surface area contributed by atoms with E-state index in [-0.39, 0.29) is 0 Å². The van der Waals surface area contributed by atoms with Crippen LogP contribution in [0.2, 0.25) is 0 Å². The first-order valence-electron chi connectivity index (χ1n) is 6.34. The van der Waals surface area contributed by atoms with Gasteiger partial charge in [0.05, 0.1) is 5.56 Å². The van der Waals surface area contributed by atoms with Crippen molar-refractivity contribution >= 4 is 37.7 Å². The molecule has 0 saturated carbocycles. The Balaban J connectivity index is 2.24. The number of rotatable bonds is 2. The van der Waals surface area contributed by atoms with Gasteiger partial charge in [0.2, 0.25) is 0 Å². The van der Waals surface area contributed by atoms with E-state index in [1.54, 1.807) is 0 Å². The molecule has 21 heavy (non-hydrogen) atoms. The van der Waals surface area contributed by atoms with Gasteiger partial charge in [0.1, 0.15) is 0 Å². The molecule has 2 N–H and O–H groups in total. The monoisotopic (exact) mass is 406 g/mol. The molecular weight excluding hydrogens is 396 g/mol. The number of aromatic nitrogens is 1. The fourth-order valence-electron chi connectivity index (χ4n) is 2.29. The van der Waals surface area contributed by atoms with Crippen LogP contribution >= 0.6 is 31.9 Å². The summed E-state index contributed by atoms with van der Waals surface area (Å²) in [4.78, 5) is 0. The average Bonchev–Trinajstić information content (AvgIpc) is 2.80. The fraction of sp³-hybridized carbons (Fsp3) is 0.0625. The lowest BCUT2D eigenvalue weighted by Gasteiger charge is -2.06. The van der Waals surface area contributed by atoms with Crippen molar-refractivity contribution in [2.45, 2.75) is 6.92 Å². The zero-order valence-corrected chi connectivity index (χ0v) is 14.4. The van der Waals surface area contributed by atoms with Crippen LogP contribution in [0.1, 0.15) is 5.56 Å². The van der Waals surface area contributed by atoms with Gasteiger partial charge in [-0.05, 0) is 36.8 Å². The van der Waals surface area contributed by atoms with Crippen molar-refractivity contribution < 1.29 is 4.52 Å².